The van der Waals surface area contributed by atoms with Gasteiger partial charge in [-0.3, -0.25) is 4.79 Å². The quantitative estimate of drug-likeness (QED) is 0.322. The molecule has 10 heteroatoms. The van der Waals surface area contributed by atoms with Crippen LogP contribution in [0.4, 0.5) is 5.95 Å². The molecule has 0 aliphatic rings. The van der Waals surface area contributed by atoms with Gasteiger partial charge in [0.05, 0.1) is 49.6 Å². The highest BCUT2D eigenvalue weighted by molar-refractivity contribution is 5.87. The van der Waals surface area contributed by atoms with Gasteiger partial charge in [-0.15, -0.1) is 0 Å². The predicted molar refractivity (Wildman–Crippen MR) is 143 cm³/mol. The average molecular weight is 512 g/mol. The molecule has 0 saturated carbocycles. The number of benzene rings is 3. The summed E-state index contributed by atoms with van der Waals surface area (Å²) in [5.74, 6) is 0.482. The number of aromatic nitrogens is 4. The van der Waals surface area contributed by atoms with Gasteiger partial charge in [0, 0.05) is 23.8 Å². The molecule has 2 aromatic heterocycles. The minimum Gasteiger partial charge on any atom is -0.493 e. The van der Waals surface area contributed by atoms with Gasteiger partial charge in [-0.2, -0.15) is 5.10 Å². The van der Waals surface area contributed by atoms with Crippen molar-refractivity contribution in [2.75, 3.05) is 20.0 Å². The van der Waals surface area contributed by atoms with Crippen LogP contribution in [-0.4, -0.2) is 44.6 Å². The van der Waals surface area contributed by atoms with Crippen LogP contribution in [0.2, 0.25) is 0 Å². The fourth-order valence-electron chi connectivity index (χ4n) is 4.34. The van der Waals surface area contributed by atoms with Crippen LogP contribution < -0.4 is 20.8 Å². The van der Waals surface area contributed by atoms with E-state index in [9.17, 15) is 14.7 Å². The maximum atomic E-state index is 12.5. The van der Waals surface area contributed by atoms with Gasteiger partial charge in [0.1, 0.15) is 0 Å². The third-order valence-corrected chi connectivity index (χ3v) is 6.22. The molecule has 0 bridgehead atoms. The molecular weight excluding hydrogens is 486 g/mol. The molecule has 3 aromatic carbocycles. The van der Waals surface area contributed by atoms with Crippen LogP contribution in [0.25, 0.3) is 22.3 Å². The number of fused-ring (bicyclic) bond motifs is 1. The molecule has 3 N–H and O–H groups in total. The number of rotatable bonds is 8. The van der Waals surface area contributed by atoms with Gasteiger partial charge in [0.25, 0.3) is 5.56 Å². The summed E-state index contributed by atoms with van der Waals surface area (Å²) in [6.45, 7) is 0.601. The lowest BCUT2D eigenvalue weighted by Gasteiger charge is -2.11. The Morgan fingerprint density at radius 2 is 1.63 bits per heavy atom. The lowest BCUT2D eigenvalue weighted by atomic mass is 10.1. The van der Waals surface area contributed by atoms with E-state index in [4.69, 9.17) is 15.2 Å². The Hall–Kier alpha value is -5.12. The number of imidazole rings is 1. The summed E-state index contributed by atoms with van der Waals surface area (Å²) in [5.41, 5.74) is 10.7. The van der Waals surface area contributed by atoms with Crippen molar-refractivity contribution in [3.63, 3.8) is 0 Å². The topological polar surface area (TPSA) is 134 Å². The van der Waals surface area contributed by atoms with Crippen LogP contribution in [0.3, 0.4) is 0 Å². The first kappa shape index (κ1) is 24.6. The number of ether oxygens (including phenoxy) is 2. The van der Waals surface area contributed by atoms with Crippen molar-refractivity contribution in [2.24, 2.45) is 0 Å². The molecular formula is C28H25N5O5. The number of hydrogen-bond donors (Lipinski definition) is 2. The summed E-state index contributed by atoms with van der Waals surface area (Å²) in [6, 6.07) is 21.0. The van der Waals surface area contributed by atoms with Crippen LogP contribution in [0.15, 0.2) is 77.6 Å². The number of nitrogens with zero attached hydrogens (tertiary/aromatic N) is 4. The number of nitrogens with two attached hydrogens (primary N) is 1. The number of aromatic carboxylic acids is 1. The van der Waals surface area contributed by atoms with Crippen LogP contribution in [0, 0.1) is 0 Å². The van der Waals surface area contributed by atoms with E-state index in [0.29, 0.717) is 40.8 Å². The molecule has 0 amide bonds. The summed E-state index contributed by atoms with van der Waals surface area (Å²) in [6.07, 6.45) is 0. The zero-order valence-corrected chi connectivity index (χ0v) is 20.8. The second-order valence-corrected chi connectivity index (χ2v) is 8.67. The Labute approximate surface area is 217 Å². The normalized spacial score (nSPS) is 11.0. The average Bonchev–Trinajstić information content (AvgIpc) is 3.22. The lowest BCUT2D eigenvalue weighted by molar-refractivity contribution is 0.0696. The highest BCUT2D eigenvalue weighted by atomic mass is 16.5. The molecule has 192 valence electrons. The zero-order chi connectivity index (χ0) is 26.8. The molecule has 0 fully saturated rings. The molecule has 38 heavy (non-hydrogen) atoms. The van der Waals surface area contributed by atoms with Crippen LogP contribution in [-0.2, 0) is 13.1 Å². The Balaban J connectivity index is 1.46. The van der Waals surface area contributed by atoms with Gasteiger partial charge < -0.3 is 24.9 Å². The molecule has 0 atom stereocenters. The van der Waals surface area contributed by atoms with Gasteiger partial charge in [0.15, 0.2) is 11.5 Å². The molecule has 5 aromatic rings. The molecule has 0 aliphatic carbocycles. The van der Waals surface area contributed by atoms with Gasteiger partial charge in [-0.1, -0.05) is 30.3 Å². The van der Waals surface area contributed by atoms with E-state index in [-0.39, 0.29) is 17.7 Å². The second-order valence-electron chi connectivity index (χ2n) is 8.67. The summed E-state index contributed by atoms with van der Waals surface area (Å²) in [4.78, 5) is 28.3. The summed E-state index contributed by atoms with van der Waals surface area (Å²) in [5, 5.41) is 13.8. The largest absolute Gasteiger partial charge is 0.493 e. The molecule has 0 saturated heterocycles. The second kappa shape index (κ2) is 10.1. The lowest BCUT2D eigenvalue weighted by Crippen LogP contribution is -2.23. The third kappa shape index (κ3) is 4.79. The molecule has 0 spiro atoms. The van der Waals surface area contributed by atoms with Gasteiger partial charge >= 0.3 is 5.97 Å². The SMILES string of the molecule is COc1cc2nc(N)n(Cc3cccc(-c4ccc(=O)n(Cc5cccc(C(=O)O)c5)n4)c3)c2cc1OC. The molecule has 0 aliphatic heterocycles. The van der Waals surface area contributed by atoms with Crippen molar-refractivity contribution in [1.82, 2.24) is 19.3 Å². The van der Waals surface area contributed by atoms with Gasteiger partial charge in [-0.05, 0) is 35.4 Å². The Morgan fingerprint density at radius 3 is 2.37 bits per heavy atom. The number of hydrogen-bond acceptors (Lipinski definition) is 7. The number of methoxy groups -OCH3 is 2. The van der Waals surface area contributed by atoms with Crippen molar-refractivity contribution in [3.8, 4) is 22.8 Å². The highest BCUT2D eigenvalue weighted by Gasteiger charge is 2.15. The number of carboxylic acid groups (broad SMARTS) is 1. The van der Waals surface area contributed by atoms with Crippen molar-refractivity contribution in [3.05, 3.63) is 99.8 Å². The van der Waals surface area contributed by atoms with Crippen LogP contribution in [0.5, 0.6) is 11.5 Å². The van der Waals surface area contributed by atoms with Crippen molar-refractivity contribution in [2.45, 2.75) is 13.1 Å². The predicted octanol–water partition coefficient (Wildman–Crippen LogP) is 3.65. The zero-order valence-electron chi connectivity index (χ0n) is 20.8. The minimum atomic E-state index is -1.03. The summed E-state index contributed by atoms with van der Waals surface area (Å²) in [7, 11) is 3.15. The first-order chi connectivity index (χ1) is 18.4. The minimum absolute atomic E-state index is 0.149. The summed E-state index contributed by atoms with van der Waals surface area (Å²) < 4.78 is 14.0. The summed E-state index contributed by atoms with van der Waals surface area (Å²) >= 11 is 0. The standard InChI is InChI=1S/C28H25N5O5/c1-37-24-13-22-23(14-25(24)38-2)32(28(29)30-22)15-17-5-3-7-19(11-17)21-9-10-26(34)33(31-21)16-18-6-4-8-20(12-18)27(35)36/h3-14H,15-16H2,1-2H3,(H2,29,30)(H,35,36). The fourth-order valence-corrected chi connectivity index (χ4v) is 4.34. The van der Waals surface area contributed by atoms with E-state index in [0.717, 1.165) is 16.6 Å². The monoisotopic (exact) mass is 511 g/mol. The van der Waals surface area contributed by atoms with E-state index < -0.39 is 5.97 Å². The Bertz CT molecular complexity index is 1720. The fraction of sp³-hybridized carbons (Fsp3) is 0.143. The Kier molecular flexibility index (Phi) is 6.53. The maximum Gasteiger partial charge on any atom is 0.335 e. The molecule has 2 heterocycles. The number of anilines is 1. The van der Waals surface area contributed by atoms with E-state index >= 15 is 0 Å². The maximum absolute atomic E-state index is 12.5. The smallest absolute Gasteiger partial charge is 0.335 e. The molecule has 0 radical (unpaired) electrons. The highest BCUT2D eigenvalue weighted by Crippen LogP contribution is 2.33. The molecule has 10 nitrogen and oxygen atoms in total. The van der Waals surface area contributed by atoms with E-state index in [1.54, 1.807) is 38.5 Å². The Morgan fingerprint density at radius 1 is 0.921 bits per heavy atom. The third-order valence-electron chi connectivity index (χ3n) is 6.22. The number of nitrogen functional groups attached to an aromatic ring is 1. The van der Waals surface area contributed by atoms with Gasteiger partial charge in [-0.25, -0.2) is 14.5 Å². The van der Waals surface area contributed by atoms with Crippen molar-refractivity contribution < 1.29 is 19.4 Å². The van der Waals surface area contributed by atoms with Crippen LogP contribution >= 0.6 is 0 Å². The van der Waals surface area contributed by atoms with E-state index in [2.05, 4.69) is 10.1 Å². The molecule has 5 rings (SSSR count). The molecule has 0 unspecified atom stereocenters. The first-order valence-corrected chi connectivity index (χ1v) is 11.7. The van der Waals surface area contributed by atoms with Crippen LogP contribution in [0.1, 0.15) is 21.5 Å². The number of carboxylic acids is 1. The van der Waals surface area contributed by atoms with E-state index in [1.807, 2.05) is 34.9 Å². The van der Waals surface area contributed by atoms with Crippen molar-refractivity contribution >= 4 is 23.0 Å². The van der Waals surface area contributed by atoms with E-state index in [1.165, 1.54) is 22.9 Å². The first-order valence-electron chi connectivity index (χ1n) is 11.7. The van der Waals surface area contributed by atoms with Gasteiger partial charge in [0.2, 0.25) is 5.95 Å². The van der Waals surface area contributed by atoms with Crippen molar-refractivity contribution in [1.29, 1.82) is 0 Å². The number of carbonyl (C=O) groups is 1.